The molecule has 0 saturated heterocycles. The second-order valence-corrected chi connectivity index (χ2v) is 5.25. The first-order valence-corrected chi connectivity index (χ1v) is 7.22. The summed E-state index contributed by atoms with van der Waals surface area (Å²) in [5, 5.41) is 0. The Morgan fingerprint density at radius 2 is 1.95 bits per heavy atom. The molecule has 0 atom stereocenters. The minimum absolute atomic E-state index is 0.143. The number of ether oxygens (including phenoxy) is 1. The number of carbonyl (C=O) groups excluding carboxylic acids is 1. The van der Waals surface area contributed by atoms with Crippen LogP contribution in [0.3, 0.4) is 0 Å². The van der Waals surface area contributed by atoms with E-state index in [9.17, 15) is 4.79 Å². The predicted molar refractivity (Wildman–Crippen MR) is 76.4 cm³/mol. The quantitative estimate of drug-likeness (QED) is 0.829. The van der Waals surface area contributed by atoms with Gasteiger partial charge in [-0.3, -0.25) is 4.79 Å². The van der Waals surface area contributed by atoms with E-state index in [0.717, 1.165) is 43.5 Å². The molecule has 0 amide bonds. The number of benzene rings is 1. The first-order chi connectivity index (χ1) is 9.26. The standard InChI is InChI=1S/C16H23NO2/c1-2-19-15-6-4-3-5-14(15)16(18)13-9-7-12(11-17)8-10-13/h3-6,12-13H,2,7-11,17H2,1H3. The van der Waals surface area contributed by atoms with Crippen molar-refractivity contribution >= 4 is 5.78 Å². The zero-order chi connectivity index (χ0) is 13.7. The summed E-state index contributed by atoms with van der Waals surface area (Å²) in [7, 11) is 0. The summed E-state index contributed by atoms with van der Waals surface area (Å²) in [6, 6.07) is 7.57. The molecular weight excluding hydrogens is 238 g/mol. The Balaban J connectivity index is 2.07. The van der Waals surface area contributed by atoms with Gasteiger partial charge in [0.1, 0.15) is 5.75 Å². The topological polar surface area (TPSA) is 52.3 Å². The van der Waals surface area contributed by atoms with Gasteiger partial charge >= 0.3 is 0 Å². The van der Waals surface area contributed by atoms with Crippen LogP contribution >= 0.6 is 0 Å². The Kier molecular flexibility index (Phi) is 4.97. The maximum Gasteiger partial charge on any atom is 0.169 e. The second-order valence-electron chi connectivity index (χ2n) is 5.25. The van der Waals surface area contributed by atoms with E-state index >= 15 is 0 Å². The zero-order valence-electron chi connectivity index (χ0n) is 11.6. The molecule has 0 heterocycles. The third kappa shape index (κ3) is 3.35. The summed E-state index contributed by atoms with van der Waals surface area (Å²) in [5.41, 5.74) is 6.43. The van der Waals surface area contributed by atoms with Gasteiger partial charge in [0.15, 0.2) is 5.78 Å². The highest BCUT2D eigenvalue weighted by Crippen LogP contribution is 2.32. The first kappa shape index (κ1) is 14.1. The van der Waals surface area contributed by atoms with Crippen LogP contribution < -0.4 is 10.5 Å². The Morgan fingerprint density at radius 3 is 2.58 bits per heavy atom. The van der Waals surface area contributed by atoms with Crippen molar-refractivity contribution in [1.29, 1.82) is 0 Å². The molecule has 3 heteroatoms. The van der Waals surface area contributed by atoms with E-state index in [4.69, 9.17) is 10.5 Å². The summed E-state index contributed by atoms with van der Waals surface area (Å²) < 4.78 is 5.55. The molecule has 0 spiro atoms. The van der Waals surface area contributed by atoms with Crippen molar-refractivity contribution in [3.05, 3.63) is 29.8 Å². The van der Waals surface area contributed by atoms with Gasteiger partial charge in [-0.1, -0.05) is 12.1 Å². The molecule has 1 aromatic rings. The molecule has 104 valence electrons. The number of hydrogen-bond donors (Lipinski definition) is 1. The molecule has 2 N–H and O–H groups in total. The number of para-hydroxylation sites is 1. The average molecular weight is 261 g/mol. The number of Topliss-reactive ketones (excluding diaryl/α,β-unsaturated/α-hetero) is 1. The Labute approximate surface area is 115 Å². The van der Waals surface area contributed by atoms with Crippen LogP contribution in [0.25, 0.3) is 0 Å². The van der Waals surface area contributed by atoms with Crippen LogP contribution in [-0.4, -0.2) is 18.9 Å². The van der Waals surface area contributed by atoms with Gasteiger partial charge in [-0.15, -0.1) is 0 Å². The van der Waals surface area contributed by atoms with Crippen LogP contribution in [0.4, 0.5) is 0 Å². The van der Waals surface area contributed by atoms with Crippen LogP contribution in [0.2, 0.25) is 0 Å². The molecule has 1 fully saturated rings. The lowest BCUT2D eigenvalue weighted by Gasteiger charge is -2.27. The van der Waals surface area contributed by atoms with Crippen molar-refractivity contribution in [3.63, 3.8) is 0 Å². The van der Waals surface area contributed by atoms with Gasteiger partial charge in [-0.05, 0) is 57.2 Å². The van der Waals surface area contributed by atoms with E-state index in [2.05, 4.69) is 0 Å². The van der Waals surface area contributed by atoms with Crippen molar-refractivity contribution in [1.82, 2.24) is 0 Å². The Hall–Kier alpha value is -1.35. The Bertz CT molecular complexity index is 423. The summed E-state index contributed by atoms with van der Waals surface area (Å²) >= 11 is 0. The fourth-order valence-electron chi connectivity index (χ4n) is 2.83. The number of carbonyl (C=O) groups is 1. The molecule has 0 radical (unpaired) electrons. The summed E-state index contributed by atoms with van der Waals surface area (Å²) in [5.74, 6) is 1.70. The molecule has 1 aromatic carbocycles. The van der Waals surface area contributed by atoms with Crippen LogP contribution in [-0.2, 0) is 0 Å². The van der Waals surface area contributed by atoms with E-state index in [-0.39, 0.29) is 11.7 Å². The van der Waals surface area contributed by atoms with Crippen molar-refractivity contribution in [2.24, 2.45) is 17.6 Å². The fourth-order valence-corrected chi connectivity index (χ4v) is 2.83. The molecule has 1 saturated carbocycles. The van der Waals surface area contributed by atoms with E-state index in [0.29, 0.717) is 12.5 Å². The molecule has 19 heavy (non-hydrogen) atoms. The largest absolute Gasteiger partial charge is 0.493 e. The summed E-state index contributed by atoms with van der Waals surface area (Å²) in [4.78, 5) is 12.6. The van der Waals surface area contributed by atoms with Gasteiger partial charge in [0.25, 0.3) is 0 Å². The lowest BCUT2D eigenvalue weighted by molar-refractivity contribution is 0.0869. The third-order valence-electron chi connectivity index (χ3n) is 4.00. The highest BCUT2D eigenvalue weighted by Gasteiger charge is 2.27. The monoisotopic (exact) mass is 261 g/mol. The highest BCUT2D eigenvalue weighted by atomic mass is 16.5. The van der Waals surface area contributed by atoms with Gasteiger partial charge in [0, 0.05) is 5.92 Å². The summed E-state index contributed by atoms with van der Waals surface area (Å²) in [6.07, 6.45) is 4.07. The van der Waals surface area contributed by atoms with E-state index in [1.165, 1.54) is 0 Å². The molecule has 3 nitrogen and oxygen atoms in total. The molecule has 1 aliphatic rings. The highest BCUT2D eigenvalue weighted by molar-refractivity contribution is 6.00. The first-order valence-electron chi connectivity index (χ1n) is 7.22. The van der Waals surface area contributed by atoms with Crippen molar-refractivity contribution in [2.75, 3.05) is 13.2 Å². The van der Waals surface area contributed by atoms with E-state index in [1.807, 2.05) is 31.2 Å². The SMILES string of the molecule is CCOc1ccccc1C(=O)C1CCC(CN)CC1. The van der Waals surface area contributed by atoms with E-state index in [1.54, 1.807) is 0 Å². The van der Waals surface area contributed by atoms with Gasteiger partial charge < -0.3 is 10.5 Å². The number of hydrogen-bond acceptors (Lipinski definition) is 3. The van der Waals surface area contributed by atoms with Crippen molar-refractivity contribution in [2.45, 2.75) is 32.6 Å². The van der Waals surface area contributed by atoms with Crippen molar-refractivity contribution < 1.29 is 9.53 Å². The predicted octanol–water partition coefficient (Wildman–Crippen LogP) is 3.03. The van der Waals surface area contributed by atoms with Gasteiger partial charge in [-0.25, -0.2) is 0 Å². The maximum atomic E-state index is 12.6. The van der Waals surface area contributed by atoms with Gasteiger partial charge in [0.05, 0.1) is 12.2 Å². The molecule has 0 unspecified atom stereocenters. The van der Waals surface area contributed by atoms with Gasteiger partial charge in [0.2, 0.25) is 0 Å². The normalized spacial score (nSPS) is 23.1. The summed E-state index contributed by atoms with van der Waals surface area (Å²) in [6.45, 7) is 3.27. The zero-order valence-corrected chi connectivity index (χ0v) is 11.6. The van der Waals surface area contributed by atoms with Crippen LogP contribution in [0.15, 0.2) is 24.3 Å². The van der Waals surface area contributed by atoms with Crippen LogP contribution in [0.5, 0.6) is 5.75 Å². The molecular formula is C16H23NO2. The van der Waals surface area contributed by atoms with Crippen molar-refractivity contribution in [3.8, 4) is 5.75 Å². The number of nitrogens with two attached hydrogens (primary N) is 1. The third-order valence-corrected chi connectivity index (χ3v) is 4.00. The minimum atomic E-state index is 0.143. The minimum Gasteiger partial charge on any atom is -0.493 e. The molecule has 0 aliphatic heterocycles. The number of ketones is 1. The molecule has 1 aliphatic carbocycles. The average Bonchev–Trinajstić information content (AvgIpc) is 2.47. The fraction of sp³-hybridized carbons (Fsp3) is 0.562. The van der Waals surface area contributed by atoms with Gasteiger partial charge in [-0.2, -0.15) is 0 Å². The Morgan fingerprint density at radius 1 is 1.26 bits per heavy atom. The smallest absolute Gasteiger partial charge is 0.169 e. The maximum absolute atomic E-state index is 12.6. The molecule has 2 rings (SSSR count). The lowest BCUT2D eigenvalue weighted by Crippen LogP contribution is -2.26. The van der Waals surface area contributed by atoms with E-state index < -0.39 is 0 Å². The second kappa shape index (κ2) is 6.71. The number of rotatable bonds is 5. The lowest BCUT2D eigenvalue weighted by atomic mass is 9.78. The molecule has 0 bridgehead atoms. The molecule has 0 aromatic heterocycles. The van der Waals surface area contributed by atoms with Crippen LogP contribution in [0, 0.1) is 11.8 Å². The van der Waals surface area contributed by atoms with Crippen LogP contribution in [0.1, 0.15) is 43.0 Å².